The number of benzene rings is 1. The first kappa shape index (κ1) is 17.7. The highest BCUT2D eigenvalue weighted by atomic mass is 32.1. The number of hydrogen-bond acceptors (Lipinski definition) is 4. The highest BCUT2D eigenvalue weighted by molar-refractivity contribution is 7.12. The lowest BCUT2D eigenvalue weighted by Gasteiger charge is -2.10. The molecule has 0 saturated carbocycles. The van der Waals surface area contributed by atoms with E-state index in [9.17, 15) is 9.59 Å². The van der Waals surface area contributed by atoms with Gasteiger partial charge in [0.05, 0.1) is 11.1 Å². The third-order valence-electron chi connectivity index (χ3n) is 4.12. The van der Waals surface area contributed by atoms with Crippen LogP contribution in [0.2, 0.25) is 0 Å². The number of nitrogens with zero attached hydrogens (tertiary/aromatic N) is 3. The summed E-state index contributed by atoms with van der Waals surface area (Å²) in [5.41, 5.74) is 1.64. The van der Waals surface area contributed by atoms with Crippen molar-refractivity contribution in [3.05, 3.63) is 82.9 Å². The fourth-order valence-corrected chi connectivity index (χ4v) is 3.47. The third-order valence-corrected chi connectivity index (χ3v) is 4.99. The molecule has 4 rings (SSSR count). The molecular weight excluding hydrogens is 374 g/mol. The van der Waals surface area contributed by atoms with Gasteiger partial charge in [-0.3, -0.25) is 14.3 Å². The highest BCUT2D eigenvalue weighted by Crippen LogP contribution is 2.20. The molecule has 2 N–H and O–H groups in total. The van der Waals surface area contributed by atoms with Crippen LogP contribution in [0.3, 0.4) is 0 Å². The minimum atomic E-state index is -0.279. The van der Waals surface area contributed by atoms with Gasteiger partial charge in [0.2, 0.25) is 0 Å². The van der Waals surface area contributed by atoms with Crippen LogP contribution in [0.4, 0.5) is 11.4 Å². The van der Waals surface area contributed by atoms with Gasteiger partial charge in [0, 0.05) is 30.8 Å². The summed E-state index contributed by atoms with van der Waals surface area (Å²) in [6.45, 7) is 0. The lowest BCUT2D eigenvalue weighted by Crippen LogP contribution is -2.15. The van der Waals surface area contributed by atoms with Gasteiger partial charge >= 0.3 is 0 Å². The molecule has 0 radical (unpaired) electrons. The molecular formula is C20H17N5O2S. The second-order valence-corrected chi connectivity index (χ2v) is 7.01. The Hall–Kier alpha value is -3.65. The molecule has 3 aromatic heterocycles. The van der Waals surface area contributed by atoms with E-state index in [0.717, 1.165) is 0 Å². The van der Waals surface area contributed by atoms with Gasteiger partial charge in [0.15, 0.2) is 0 Å². The average Bonchev–Trinajstić information content (AvgIpc) is 3.43. The van der Waals surface area contributed by atoms with Gasteiger partial charge in [0.25, 0.3) is 11.8 Å². The number of anilines is 2. The SMILES string of the molecule is Cn1ncc(C(=O)Nc2cccc(NC(=O)c3cccs3)c2)c1-n1cccc1. The van der Waals surface area contributed by atoms with Crippen LogP contribution in [0.5, 0.6) is 0 Å². The summed E-state index contributed by atoms with van der Waals surface area (Å²) in [7, 11) is 1.78. The maximum atomic E-state index is 12.8. The van der Waals surface area contributed by atoms with Crippen LogP contribution in [-0.2, 0) is 7.05 Å². The van der Waals surface area contributed by atoms with E-state index in [2.05, 4.69) is 15.7 Å². The number of amides is 2. The number of aromatic nitrogens is 3. The van der Waals surface area contributed by atoms with Crippen LogP contribution in [0.15, 0.2) is 72.5 Å². The minimum absolute atomic E-state index is 0.180. The fourth-order valence-electron chi connectivity index (χ4n) is 2.85. The van der Waals surface area contributed by atoms with E-state index in [0.29, 0.717) is 27.6 Å². The summed E-state index contributed by atoms with van der Waals surface area (Å²) in [4.78, 5) is 25.6. The molecule has 4 aromatic rings. The Morgan fingerprint density at radius 3 is 2.36 bits per heavy atom. The van der Waals surface area contributed by atoms with Crippen molar-refractivity contribution in [2.75, 3.05) is 10.6 Å². The first-order chi connectivity index (χ1) is 13.6. The Morgan fingerprint density at radius 1 is 0.964 bits per heavy atom. The van der Waals surface area contributed by atoms with Gasteiger partial charge < -0.3 is 15.2 Å². The molecule has 0 aliphatic carbocycles. The quantitative estimate of drug-likeness (QED) is 0.543. The average molecular weight is 391 g/mol. The molecule has 0 aliphatic heterocycles. The van der Waals surface area contributed by atoms with Crippen molar-refractivity contribution in [3.8, 4) is 5.82 Å². The Morgan fingerprint density at radius 2 is 1.68 bits per heavy atom. The van der Waals surface area contributed by atoms with Crippen molar-refractivity contribution in [2.45, 2.75) is 0 Å². The third kappa shape index (κ3) is 3.58. The van der Waals surface area contributed by atoms with Gasteiger partial charge in [-0.2, -0.15) is 5.10 Å². The lowest BCUT2D eigenvalue weighted by atomic mass is 10.2. The summed E-state index contributed by atoms with van der Waals surface area (Å²) in [5.74, 6) is 0.212. The molecule has 0 fully saturated rings. The first-order valence-electron chi connectivity index (χ1n) is 8.53. The van der Waals surface area contributed by atoms with Gasteiger partial charge in [-0.1, -0.05) is 12.1 Å². The molecule has 3 heterocycles. The van der Waals surface area contributed by atoms with Crippen molar-refractivity contribution < 1.29 is 9.59 Å². The molecule has 1 aromatic carbocycles. The van der Waals surface area contributed by atoms with Crippen molar-refractivity contribution >= 4 is 34.5 Å². The van der Waals surface area contributed by atoms with Crippen LogP contribution < -0.4 is 10.6 Å². The summed E-state index contributed by atoms with van der Waals surface area (Å²) in [6.07, 6.45) is 5.25. The maximum Gasteiger partial charge on any atom is 0.265 e. The second kappa shape index (κ2) is 7.53. The van der Waals surface area contributed by atoms with E-state index in [1.54, 1.807) is 42.1 Å². The van der Waals surface area contributed by atoms with Crippen LogP contribution in [0.25, 0.3) is 5.82 Å². The minimum Gasteiger partial charge on any atom is -0.322 e. The number of carbonyl (C=O) groups is 2. The molecule has 0 aliphatic rings. The van der Waals surface area contributed by atoms with Crippen molar-refractivity contribution in [2.24, 2.45) is 7.05 Å². The smallest absolute Gasteiger partial charge is 0.265 e. The highest BCUT2D eigenvalue weighted by Gasteiger charge is 2.17. The zero-order valence-electron chi connectivity index (χ0n) is 15.0. The molecule has 0 saturated heterocycles. The van der Waals surface area contributed by atoms with Crippen molar-refractivity contribution in [1.82, 2.24) is 14.3 Å². The largest absolute Gasteiger partial charge is 0.322 e. The summed E-state index contributed by atoms with van der Waals surface area (Å²) >= 11 is 1.37. The number of aryl methyl sites for hydroxylation is 1. The zero-order valence-corrected chi connectivity index (χ0v) is 15.8. The predicted molar refractivity (Wildman–Crippen MR) is 109 cm³/mol. The topological polar surface area (TPSA) is 81.0 Å². The Kier molecular flexibility index (Phi) is 4.77. The van der Waals surface area contributed by atoms with E-state index in [1.165, 1.54) is 17.5 Å². The Labute approximate surface area is 165 Å². The van der Waals surface area contributed by atoms with Crippen LogP contribution in [0.1, 0.15) is 20.0 Å². The summed E-state index contributed by atoms with van der Waals surface area (Å²) < 4.78 is 3.48. The van der Waals surface area contributed by atoms with E-state index in [-0.39, 0.29) is 11.8 Å². The number of carbonyl (C=O) groups excluding carboxylic acids is 2. The van der Waals surface area contributed by atoms with E-state index in [1.807, 2.05) is 40.5 Å². The molecule has 0 bridgehead atoms. The molecule has 8 heteroatoms. The van der Waals surface area contributed by atoms with Gasteiger partial charge in [0.1, 0.15) is 11.4 Å². The summed E-state index contributed by atoms with van der Waals surface area (Å²) in [6, 6.07) is 14.4. The molecule has 28 heavy (non-hydrogen) atoms. The standard InChI is InChI=1S/C20H17N5O2S/c1-24-20(25-9-2-3-10-25)16(13-21-24)18(26)22-14-6-4-7-15(12-14)23-19(27)17-8-5-11-28-17/h2-13H,1H3,(H,22,26)(H,23,27). The van der Waals surface area contributed by atoms with E-state index in [4.69, 9.17) is 0 Å². The second-order valence-electron chi connectivity index (χ2n) is 6.06. The van der Waals surface area contributed by atoms with Crippen LogP contribution in [-0.4, -0.2) is 26.2 Å². The molecule has 140 valence electrons. The lowest BCUT2D eigenvalue weighted by molar-refractivity contribution is 0.102. The molecule has 0 spiro atoms. The maximum absolute atomic E-state index is 12.8. The van der Waals surface area contributed by atoms with Gasteiger partial charge in [-0.05, 0) is 41.8 Å². The van der Waals surface area contributed by atoms with Crippen molar-refractivity contribution in [1.29, 1.82) is 0 Å². The zero-order chi connectivity index (χ0) is 19.5. The Balaban J connectivity index is 1.52. The van der Waals surface area contributed by atoms with Crippen LogP contribution in [0, 0.1) is 0 Å². The van der Waals surface area contributed by atoms with E-state index >= 15 is 0 Å². The molecule has 0 atom stereocenters. The van der Waals surface area contributed by atoms with Crippen LogP contribution >= 0.6 is 11.3 Å². The molecule has 2 amide bonds. The number of nitrogens with one attached hydrogen (secondary N) is 2. The van der Waals surface area contributed by atoms with Crippen molar-refractivity contribution in [3.63, 3.8) is 0 Å². The number of rotatable bonds is 5. The first-order valence-corrected chi connectivity index (χ1v) is 9.41. The monoisotopic (exact) mass is 391 g/mol. The Bertz CT molecular complexity index is 1110. The number of thiophene rings is 1. The fraction of sp³-hybridized carbons (Fsp3) is 0.0500. The van der Waals surface area contributed by atoms with Gasteiger partial charge in [-0.15, -0.1) is 11.3 Å². The molecule has 0 unspecified atom stereocenters. The number of hydrogen-bond donors (Lipinski definition) is 2. The summed E-state index contributed by atoms with van der Waals surface area (Å²) in [5, 5.41) is 11.8. The molecule has 7 nitrogen and oxygen atoms in total. The van der Waals surface area contributed by atoms with E-state index < -0.39 is 0 Å². The normalized spacial score (nSPS) is 10.6. The van der Waals surface area contributed by atoms with Gasteiger partial charge in [-0.25, -0.2) is 0 Å². The predicted octanol–water partition coefficient (Wildman–Crippen LogP) is 3.78.